The molecule has 0 aliphatic carbocycles. The molecule has 1 aliphatic heterocycles. The zero-order valence-electron chi connectivity index (χ0n) is 14.2. The Labute approximate surface area is 139 Å². The lowest BCUT2D eigenvalue weighted by Gasteiger charge is -2.34. The topological polar surface area (TPSA) is 37.2 Å². The molecule has 0 bridgehead atoms. The zero-order chi connectivity index (χ0) is 16.1. The van der Waals surface area contributed by atoms with Gasteiger partial charge in [-0.15, -0.1) is 0 Å². The summed E-state index contributed by atoms with van der Waals surface area (Å²) in [6.07, 6.45) is 5.90. The van der Waals surface area contributed by atoms with Crippen LogP contribution in [0.1, 0.15) is 31.3 Å². The molecule has 0 radical (unpaired) electrons. The second-order valence-corrected chi connectivity index (χ2v) is 6.57. The smallest absolute Gasteiger partial charge is 0.111 e. The number of hydrogen-bond acceptors (Lipinski definition) is 4. The van der Waals surface area contributed by atoms with E-state index in [0.29, 0.717) is 5.92 Å². The van der Waals surface area contributed by atoms with Crippen LogP contribution in [0.5, 0.6) is 0 Å². The number of nitrogens with zero attached hydrogens (tertiary/aromatic N) is 5. The van der Waals surface area contributed by atoms with E-state index in [2.05, 4.69) is 56.5 Å². The minimum absolute atomic E-state index is 0.486. The Balaban J connectivity index is 1.43. The molecule has 0 unspecified atom stereocenters. The lowest BCUT2D eigenvalue weighted by Crippen LogP contribution is -2.46. The van der Waals surface area contributed by atoms with Crippen LogP contribution in [-0.2, 0) is 13.1 Å². The van der Waals surface area contributed by atoms with Crippen molar-refractivity contribution in [2.45, 2.75) is 32.9 Å². The first-order valence-corrected chi connectivity index (χ1v) is 8.58. The second kappa shape index (κ2) is 7.70. The van der Waals surface area contributed by atoms with Crippen LogP contribution in [0.25, 0.3) is 0 Å². The van der Waals surface area contributed by atoms with Gasteiger partial charge in [-0.1, -0.05) is 19.9 Å². The van der Waals surface area contributed by atoms with E-state index in [1.54, 1.807) is 0 Å². The molecule has 5 heteroatoms. The van der Waals surface area contributed by atoms with E-state index >= 15 is 0 Å². The van der Waals surface area contributed by atoms with Gasteiger partial charge in [-0.2, -0.15) is 0 Å². The highest BCUT2D eigenvalue weighted by Crippen LogP contribution is 2.12. The Kier molecular flexibility index (Phi) is 5.41. The first-order chi connectivity index (χ1) is 11.2. The Bertz CT molecular complexity index is 584. The van der Waals surface area contributed by atoms with E-state index in [0.717, 1.165) is 45.8 Å². The van der Waals surface area contributed by atoms with E-state index in [9.17, 15) is 0 Å². The van der Waals surface area contributed by atoms with Gasteiger partial charge in [-0.3, -0.25) is 14.8 Å². The van der Waals surface area contributed by atoms with Gasteiger partial charge in [0, 0.05) is 70.3 Å². The van der Waals surface area contributed by atoms with Crippen molar-refractivity contribution in [2.75, 3.05) is 32.7 Å². The summed E-state index contributed by atoms with van der Waals surface area (Å²) in [7, 11) is 0. The maximum absolute atomic E-state index is 4.47. The number of rotatable bonds is 6. The molecule has 23 heavy (non-hydrogen) atoms. The maximum atomic E-state index is 4.47. The standard InChI is InChI=1S/C18H27N5/c1-16(2)18-20-7-8-23(18)14-13-21-9-11-22(12-10-21)15-17-5-3-4-6-19-17/h3-8,16H,9-15H2,1-2H3. The zero-order valence-corrected chi connectivity index (χ0v) is 14.2. The molecule has 1 fully saturated rings. The Morgan fingerprint density at radius 3 is 2.43 bits per heavy atom. The van der Waals surface area contributed by atoms with E-state index in [4.69, 9.17) is 0 Å². The molecule has 0 saturated carbocycles. The molecule has 2 aromatic rings. The highest BCUT2D eigenvalue weighted by molar-refractivity contribution is 5.03. The molecule has 3 heterocycles. The van der Waals surface area contributed by atoms with Crippen molar-refractivity contribution in [1.82, 2.24) is 24.3 Å². The van der Waals surface area contributed by atoms with Crippen LogP contribution in [0.2, 0.25) is 0 Å². The van der Waals surface area contributed by atoms with Gasteiger partial charge in [0.15, 0.2) is 0 Å². The fraction of sp³-hybridized carbons (Fsp3) is 0.556. The first kappa shape index (κ1) is 16.1. The Morgan fingerprint density at radius 1 is 0.957 bits per heavy atom. The molecule has 0 aromatic carbocycles. The molecule has 2 aromatic heterocycles. The molecular formula is C18H27N5. The SMILES string of the molecule is CC(C)c1nccn1CCN1CCN(Cc2ccccn2)CC1. The van der Waals surface area contributed by atoms with E-state index in [-0.39, 0.29) is 0 Å². The third-order valence-corrected chi connectivity index (χ3v) is 4.50. The van der Waals surface area contributed by atoms with E-state index < -0.39 is 0 Å². The molecule has 3 rings (SSSR count). The molecule has 0 N–H and O–H groups in total. The van der Waals surface area contributed by atoms with Gasteiger partial charge in [0.25, 0.3) is 0 Å². The van der Waals surface area contributed by atoms with Gasteiger partial charge in [0.05, 0.1) is 5.69 Å². The quantitative estimate of drug-likeness (QED) is 0.819. The van der Waals surface area contributed by atoms with Crippen molar-refractivity contribution in [3.63, 3.8) is 0 Å². The van der Waals surface area contributed by atoms with Gasteiger partial charge in [0.2, 0.25) is 0 Å². The van der Waals surface area contributed by atoms with Crippen LogP contribution < -0.4 is 0 Å². The lowest BCUT2D eigenvalue weighted by molar-refractivity contribution is 0.123. The van der Waals surface area contributed by atoms with Crippen LogP contribution in [0, 0.1) is 0 Å². The number of piperazine rings is 1. The summed E-state index contributed by atoms with van der Waals surface area (Å²) in [4.78, 5) is 13.9. The molecule has 0 spiro atoms. The predicted molar refractivity (Wildman–Crippen MR) is 92.3 cm³/mol. The molecule has 0 atom stereocenters. The minimum Gasteiger partial charge on any atom is -0.333 e. The number of pyridine rings is 1. The molecule has 1 saturated heterocycles. The number of imidazole rings is 1. The normalized spacial score (nSPS) is 17.0. The summed E-state index contributed by atoms with van der Waals surface area (Å²) in [6, 6.07) is 6.15. The fourth-order valence-corrected chi connectivity index (χ4v) is 3.15. The van der Waals surface area contributed by atoms with Crippen molar-refractivity contribution in [3.8, 4) is 0 Å². The van der Waals surface area contributed by atoms with Gasteiger partial charge in [0.1, 0.15) is 5.82 Å². The Hall–Kier alpha value is -1.72. The summed E-state index contributed by atoms with van der Waals surface area (Å²) in [5.74, 6) is 1.68. The maximum Gasteiger partial charge on any atom is 0.111 e. The first-order valence-electron chi connectivity index (χ1n) is 8.58. The van der Waals surface area contributed by atoms with E-state index in [1.807, 2.05) is 18.5 Å². The third kappa shape index (κ3) is 4.39. The van der Waals surface area contributed by atoms with Crippen LogP contribution >= 0.6 is 0 Å². The average Bonchev–Trinajstić information content (AvgIpc) is 3.04. The number of aromatic nitrogens is 3. The van der Waals surface area contributed by atoms with Crippen molar-refractivity contribution < 1.29 is 0 Å². The lowest BCUT2D eigenvalue weighted by atomic mass is 10.2. The minimum atomic E-state index is 0.486. The molecule has 0 amide bonds. The number of hydrogen-bond donors (Lipinski definition) is 0. The summed E-state index contributed by atoms with van der Waals surface area (Å²) in [5, 5.41) is 0. The monoisotopic (exact) mass is 313 g/mol. The van der Waals surface area contributed by atoms with Crippen molar-refractivity contribution in [1.29, 1.82) is 0 Å². The predicted octanol–water partition coefficient (Wildman–Crippen LogP) is 2.22. The van der Waals surface area contributed by atoms with E-state index in [1.165, 1.54) is 11.5 Å². The van der Waals surface area contributed by atoms with Crippen molar-refractivity contribution >= 4 is 0 Å². The summed E-state index contributed by atoms with van der Waals surface area (Å²) in [6.45, 7) is 12.0. The van der Waals surface area contributed by atoms with Crippen molar-refractivity contribution in [3.05, 3.63) is 48.3 Å². The second-order valence-electron chi connectivity index (χ2n) is 6.57. The van der Waals surface area contributed by atoms with Crippen LogP contribution in [0.4, 0.5) is 0 Å². The van der Waals surface area contributed by atoms with Crippen molar-refractivity contribution in [2.24, 2.45) is 0 Å². The fourth-order valence-electron chi connectivity index (χ4n) is 3.15. The highest BCUT2D eigenvalue weighted by Gasteiger charge is 2.17. The van der Waals surface area contributed by atoms with Gasteiger partial charge in [-0.05, 0) is 12.1 Å². The largest absolute Gasteiger partial charge is 0.333 e. The van der Waals surface area contributed by atoms with Gasteiger partial charge >= 0.3 is 0 Å². The summed E-state index contributed by atoms with van der Waals surface area (Å²) >= 11 is 0. The highest BCUT2D eigenvalue weighted by atomic mass is 15.3. The Morgan fingerprint density at radius 2 is 1.74 bits per heavy atom. The van der Waals surface area contributed by atoms with Crippen LogP contribution in [0.15, 0.2) is 36.8 Å². The summed E-state index contributed by atoms with van der Waals surface area (Å²) in [5.41, 5.74) is 1.17. The molecular weight excluding hydrogens is 286 g/mol. The molecule has 124 valence electrons. The molecule has 5 nitrogen and oxygen atoms in total. The summed E-state index contributed by atoms with van der Waals surface area (Å²) < 4.78 is 2.30. The third-order valence-electron chi connectivity index (χ3n) is 4.50. The average molecular weight is 313 g/mol. The van der Waals surface area contributed by atoms with Crippen LogP contribution in [0.3, 0.4) is 0 Å². The molecule has 1 aliphatic rings. The van der Waals surface area contributed by atoms with Gasteiger partial charge < -0.3 is 4.57 Å². The van der Waals surface area contributed by atoms with Gasteiger partial charge in [-0.25, -0.2) is 4.98 Å². The van der Waals surface area contributed by atoms with Crippen LogP contribution in [-0.4, -0.2) is 57.1 Å².